The molecule has 2 atom stereocenters. The van der Waals surface area contributed by atoms with Gasteiger partial charge in [-0.3, -0.25) is 9.59 Å². The molecule has 0 aliphatic carbocycles. The van der Waals surface area contributed by atoms with Crippen molar-refractivity contribution in [3.05, 3.63) is 76.5 Å². The van der Waals surface area contributed by atoms with Gasteiger partial charge in [0.25, 0.3) is 11.5 Å². The van der Waals surface area contributed by atoms with E-state index in [1.807, 2.05) is 0 Å². The van der Waals surface area contributed by atoms with Crippen LogP contribution in [0.25, 0.3) is 27.8 Å². The first-order chi connectivity index (χ1) is 16.3. The van der Waals surface area contributed by atoms with Crippen LogP contribution in [0.1, 0.15) is 10.4 Å². The van der Waals surface area contributed by atoms with E-state index in [4.69, 9.17) is 0 Å². The molecule has 1 amide bonds. The fraction of sp³-hybridized carbons (Fsp3) is 0.250. The van der Waals surface area contributed by atoms with Crippen LogP contribution in [0.4, 0.5) is 8.78 Å². The van der Waals surface area contributed by atoms with Gasteiger partial charge in [0.15, 0.2) is 0 Å². The summed E-state index contributed by atoms with van der Waals surface area (Å²) in [5.74, 6) is -0.634. The van der Waals surface area contributed by atoms with Gasteiger partial charge in [-0.25, -0.2) is 13.5 Å². The van der Waals surface area contributed by atoms with E-state index < -0.39 is 12.0 Å². The average molecular weight is 464 g/mol. The molecule has 0 radical (unpaired) electrons. The number of H-pyrrole nitrogens is 1. The molecule has 1 unspecified atom stereocenters. The molecule has 174 valence electrons. The number of likely N-dealkylation sites (tertiary alicyclic amines) is 1. The number of amides is 1. The van der Waals surface area contributed by atoms with Crippen LogP contribution in [-0.4, -0.2) is 75.1 Å². The molecule has 2 aromatic carbocycles. The smallest absolute Gasteiger partial charge is 0.258 e. The third-order valence-electron chi connectivity index (χ3n) is 6.12. The molecule has 0 spiro atoms. The lowest BCUT2D eigenvalue weighted by molar-refractivity contribution is 0.0779. The van der Waals surface area contributed by atoms with E-state index in [2.05, 4.69) is 15.3 Å². The van der Waals surface area contributed by atoms with E-state index in [1.54, 1.807) is 55.5 Å². The Balaban J connectivity index is 1.37. The minimum Gasteiger partial charge on any atom is -0.334 e. The second kappa shape index (κ2) is 8.45. The molecule has 8 nitrogen and oxygen atoms in total. The second-order valence-corrected chi connectivity index (χ2v) is 8.60. The molecule has 2 aromatic heterocycles. The van der Waals surface area contributed by atoms with E-state index in [9.17, 15) is 18.4 Å². The van der Waals surface area contributed by atoms with Gasteiger partial charge in [0, 0.05) is 23.0 Å². The normalized spacial score (nSPS) is 18.2. The molecule has 34 heavy (non-hydrogen) atoms. The number of likely N-dealkylation sites (N-methyl/N-ethyl adjacent to an activating group) is 1. The predicted octanol–water partition coefficient (Wildman–Crippen LogP) is 2.64. The van der Waals surface area contributed by atoms with Crippen molar-refractivity contribution in [2.45, 2.75) is 12.2 Å². The Morgan fingerprint density at radius 2 is 1.88 bits per heavy atom. The highest BCUT2D eigenvalue weighted by molar-refractivity contribution is 5.94. The second-order valence-electron chi connectivity index (χ2n) is 8.60. The number of halogens is 2. The number of rotatable bonds is 4. The molecule has 1 aliphatic rings. The maximum atomic E-state index is 14.2. The molecular formula is C24H22F2N6O2. The van der Waals surface area contributed by atoms with Crippen molar-refractivity contribution in [1.82, 2.24) is 29.8 Å². The first-order valence-corrected chi connectivity index (χ1v) is 10.8. The van der Waals surface area contributed by atoms with E-state index >= 15 is 0 Å². The van der Waals surface area contributed by atoms with Crippen molar-refractivity contribution < 1.29 is 13.6 Å². The van der Waals surface area contributed by atoms with Crippen LogP contribution in [0, 0.1) is 5.82 Å². The van der Waals surface area contributed by atoms with E-state index in [1.165, 1.54) is 27.8 Å². The van der Waals surface area contributed by atoms with Gasteiger partial charge in [0.05, 0.1) is 30.0 Å². The Labute approximate surface area is 193 Å². The minimum absolute atomic E-state index is 0.0695. The van der Waals surface area contributed by atoms with Crippen molar-refractivity contribution in [1.29, 1.82) is 0 Å². The summed E-state index contributed by atoms with van der Waals surface area (Å²) >= 11 is 0. The molecule has 5 rings (SSSR count). The maximum absolute atomic E-state index is 14.2. The molecule has 4 aromatic rings. The molecule has 1 saturated heterocycles. The van der Waals surface area contributed by atoms with Crippen molar-refractivity contribution in [2.75, 3.05) is 27.2 Å². The van der Waals surface area contributed by atoms with Crippen LogP contribution in [0.5, 0.6) is 0 Å². The van der Waals surface area contributed by atoms with Gasteiger partial charge in [-0.1, -0.05) is 5.21 Å². The number of fused-ring (bicyclic) bond motifs is 1. The van der Waals surface area contributed by atoms with Gasteiger partial charge in [0.2, 0.25) is 0 Å². The van der Waals surface area contributed by atoms with Gasteiger partial charge < -0.3 is 14.8 Å². The number of alkyl halides is 1. The SMILES string of the molecule is CN(C)C1CN(C(=O)c2ccc(-n3cc(-c4cc5cc(F)ccc5[nH]c4=O)nn3)cc2)C[C@H]1F. The first-order valence-electron chi connectivity index (χ1n) is 10.8. The largest absolute Gasteiger partial charge is 0.334 e. The van der Waals surface area contributed by atoms with Gasteiger partial charge >= 0.3 is 0 Å². The lowest BCUT2D eigenvalue weighted by atomic mass is 10.1. The van der Waals surface area contributed by atoms with Crippen molar-refractivity contribution >= 4 is 16.8 Å². The number of aromatic nitrogens is 4. The Hall–Kier alpha value is -3.92. The molecule has 1 fully saturated rings. The first kappa shape index (κ1) is 21.9. The zero-order valence-electron chi connectivity index (χ0n) is 18.6. The summed E-state index contributed by atoms with van der Waals surface area (Å²) in [5, 5.41) is 8.71. The van der Waals surface area contributed by atoms with Crippen LogP contribution >= 0.6 is 0 Å². The molecule has 3 heterocycles. The molecule has 1 aliphatic heterocycles. The van der Waals surface area contributed by atoms with Crippen LogP contribution in [0.15, 0.2) is 59.5 Å². The highest BCUT2D eigenvalue weighted by Crippen LogP contribution is 2.22. The van der Waals surface area contributed by atoms with Gasteiger partial charge in [-0.2, -0.15) is 0 Å². The molecule has 1 N–H and O–H groups in total. The molecular weight excluding hydrogens is 442 g/mol. The maximum Gasteiger partial charge on any atom is 0.258 e. The fourth-order valence-corrected chi connectivity index (χ4v) is 4.22. The van der Waals surface area contributed by atoms with Gasteiger partial charge in [-0.05, 0) is 62.6 Å². The highest BCUT2D eigenvalue weighted by Gasteiger charge is 2.36. The number of nitrogens with one attached hydrogen (secondary N) is 1. The number of carbonyl (C=O) groups is 1. The van der Waals surface area contributed by atoms with Gasteiger partial charge in [0.1, 0.15) is 17.7 Å². The Morgan fingerprint density at radius 1 is 1.12 bits per heavy atom. The Morgan fingerprint density at radius 3 is 2.59 bits per heavy atom. The summed E-state index contributed by atoms with van der Waals surface area (Å²) in [6, 6.07) is 12.1. The van der Waals surface area contributed by atoms with E-state index in [0.717, 1.165) is 0 Å². The predicted molar refractivity (Wildman–Crippen MR) is 123 cm³/mol. The zero-order chi connectivity index (χ0) is 24.0. The summed E-state index contributed by atoms with van der Waals surface area (Å²) in [6.07, 6.45) is 0.504. The minimum atomic E-state index is -1.08. The lowest BCUT2D eigenvalue weighted by Crippen LogP contribution is -2.36. The number of benzene rings is 2. The summed E-state index contributed by atoms with van der Waals surface area (Å²) in [5.41, 5.74) is 1.84. The van der Waals surface area contributed by atoms with E-state index in [0.29, 0.717) is 34.4 Å². The Bertz CT molecular complexity index is 1430. The topological polar surface area (TPSA) is 87.1 Å². The van der Waals surface area contributed by atoms with Crippen LogP contribution in [0.2, 0.25) is 0 Å². The highest BCUT2D eigenvalue weighted by atomic mass is 19.1. The van der Waals surface area contributed by atoms with Crippen molar-refractivity contribution in [3.8, 4) is 16.9 Å². The average Bonchev–Trinajstić information content (AvgIpc) is 3.46. The lowest BCUT2D eigenvalue weighted by Gasteiger charge is -2.20. The van der Waals surface area contributed by atoms with E-state index in [-0.39, 0.29) is 29.6 Å². The van der Waals surface area contributed by atoms with Crippen LogP contribution in [-0.2, 0) is 0 Å². The molecule has 0 saturated carbocycles. The molecule has 0 bridgehead atoms. The third kappa shape index (κ3) is 3.96. The summed E-state index contributed by atoms with van der Waals surface area (Å²) in [7, 11) is 3.60. The van der Waals surface area contributed by atoms with Crippen molar-refractivity contribution in [2.24, 2.45) is 0 Å². The monoisotopic (exact) mass is 464 g/mol. The van der Waals surface area contributed by atoms with Gasteiger partial charge in [-0.15, -0.1) is 5.10 Å². The number of nitrogens with zero attached hydrogens (tertiary/aromatic N) is 5. The third-order valence-corrected chi connectivity index (χ3v) is 6.12. The summed E-state index contributed by atoms with van der Waals surface area (Å²) in [4.78, 5) is 31.3. The molecule has 10 heteroatoms. The van der Waals surface area contributed by atoms with Crippen molar-refractivity contribution in [3.63, 3.8) is 0 Å². The zero-order valence-corrected chi connectivity index (χ0v) is 18.6. The number of carbonyl (C=O) groups excluding carboxylic acids is 1. The number of pyridine rings is 1. The summed E-state index contributed by atoms with van der Waals surface area (Å²) < 4.78 is 29.3. The van der Waals surface area contributed by atoms with Crippen LogP contribution in [0.3, 0.4) is 0 Å². The Kier molecular flexibility index (Phi) is 5.45. The number of hydrogen-bond acceptors (Lipinski definition) is 5. The fourth-order valence-electron chi connectivity index (χ4n) is 4.22. The standard InChI is InChI=1S/C24H22F2N6O2/c1-30(2)22-13-31(11-19(22)26)24(34)14-3-6-17(7-4-14)32-12-21(28-29-32)18-10-15-9-16(25)5-8-20(15)27-23(18)33/h3-10,12,19,22H,11,13H2,1-2H3,(H,27,33)/t19-,22?/m1/s1. The number of hydrogen-bond donors (Lipinski definition) is 1. The quantitative estimate of drug-likeness (QED) is 0.502. The number of aromatic amines is 1. The van der Waals surface area contributed by atoms with Crippen LogP contribution < -0.4 is 5.56 Å². The summed E-state index contributed by atoms with van der Waals surface area (Å²) in [6.45, 7) is 0.408.